The zero-order valence-corrected chi connectivity index (χ0v) is 16.7. The average Bonchev–Trinajstić information content (AvgIpc) is 3.19. The molecule has 0 aliphatic heterocycles. The second-order valence-electron chi connectivity index (χ2n) is 8.34. The van der Waals surface area contributed by atoms with E-state index in [2.05, 4.69) is 24.8 Å². The first kappa shape index (κ1) is 19.4. The molecule has 1 saturated carbocycles. The van der Waals surface area contributed by atoms with Gasteiger partial charge in [-0.15, -0.1) is 0 Å². The molecule has 2 atom stereocenters. The van der Waals surface area contributed by atoms with Gasteiger partial charge in [0, 0.05) is 29.5 Å². The van der Waals surface area contributed by atoms with Gasteiger partial charge in [-0.1, -0.05) is 48.6 Å². The molecule has 2 aromatic rings. The molecule has 0 aromatic heterocycles. The van der Waals surface area contributed by atoms with Crippen LogP contribution in [0.1, 0.15) is 50.2 Å². The summed E-state index contributed by atoms with van der Waals surface area (Å²) in [6, 6.07) is 16.7. The van der Waals surface area contributed by atoms with Crippen LogP contribution in [0.4, 0.5) is 5.69 Å². The molecule has 0 bridgehead atoms. The molecule has 29 heavy (non-hydrogen) atoms. The Hall–Kier alpha value is -2.90. The highest BCUT2D eigenvalue weighted by atomic mass is 16.6. The maximum absolute atomic E-state index is 10.8. The molecule has 0 heterocycles. The molecule has 0 amide bonds. The van der Waals surface area contributed by atoms with Gasteiger partial charge in [0.15, 0.2) is 0 Å². The van der Waals surface area contributed by atoms with Crippen LogP contribution in [0.25, 0.3) is 0 Å². The molecule has 4 heteroatoms. The Bertz CT molecular complexity index is 984. The van der Waals surface area contributed by atoms with Crippen LogP contribution in [0.5, 0.6) is 0 Å². The van der Waals surface area contributed by atoms with Gasteiger partial charge in [0.1, 0.15) is 0 Å². The minimum atomic E-state index is -0.377. The van der Waals surface area contributed by atoms with Gasteiger partial charge < -0.3 is 4.74 Å². The number of fused-ring (bicyclic) bond motifs is 1. The molecule has 0 N–H and O–H groups in total. The summed E-state index contributed by atoms with van der Waals surface area (Å²) < 4.78 is 6.30. The summed E-state index contributed by atoms with van der Waals surface area (Å²) in [4.78, 5) is 10.4. The summed E-state index contributed by atoms with van der Waals surface area (Å²) in [6.07, 6.45) is 7.54. The Labute approximate surface area is 171 Å². The number of nitro benzene ring substituents is 1. The normalized spacial score (nSPS) is 24.2. The second-order valence-corrected chi connectivity index (χ2v) is 8.34. The van der Waals surface area contributed by atoms with Crippen LogP contribution >= 0.6 is 0 Å². The number of ether oxygens (including phenoxy) is 1. The standard InChI is InChI=1S/C25H25NO3/c1-24-16-22(11-7-3-6-10-20-8-4-2-5-9-20)17-25(24,19-24)29-18-21-12-14-23(15-13-21)26(27)28/h2,4-5,8-9,12-15,17H,3,7,11,16,18-19H2,1H3/t24-,25-/m0/s1. The maximum Gasteiger partial charge on any atom is 0.269 e. The number of non-ortho nitro benzene ring substituents is 1. The average molecular weight is 387 g/mol. The number of benzene rings is 2. The van der Waals surface area contributed by atoms with E-state index in [1.54, 1.807) is 12.1 Å². The molecule has 0 saturated heterocycles. The van der Waals surface area contributed by atoms with Crippen LogP contribution in [0, 0.1) is 27.4 Å². The fraction of sp³-hybridized carbons (Fsp3) is 0.360. The first-order valence-electron chi connectivity index (χ1n) is 10.1. The molecule has 1 fully saturated rings. The first-order valence-corrected chi connectivity index (χ1v) is 10.1. The van der Waals surface area contributed by atoms with E-state index < -0.39 is 0 Å². The molecular weight excluding hydrogens is 362 g/mol. The number of unbranched alkanes of at least 4 members (excludes halogenated alkanes) is 1. The van der Waals surface area contributed by atoms with Gasteiger partial charge in [0.2, 0.25) is 0 Å². The lowest BCUT2D eigenvalue weighted by Gasteiger charge is -2.15. The number of rotatable bonds is 7. The minimum absolute atomic E-state index is 0.113. The van der Waals surface area contributed by atoms with Crippen molar-refractivity contribution >= 4 is 5.69 Å². The van der Waals surface area contributed by atoms with E-state index in [1.165, 1.54) is 17.7 Å². The van der Waals surface area contributed by atoms with Crippen molar-refractivity contribution in [3.05, 3.63) is 87.5 Å². The van der Waals surface area contributed by atoms with Gasteiger partial charge >= 0.3 is 0 Å². The topological polar surface area (TPSA) is 52.4 Å². The molecule has 4 rings (SSSR count). The fourth-order valence-electron chi connectivity index (χ4n) is 4.30. The van der Waals surface area contributed by atoms with Crippen molar-refractivity contribution in [1.29, 1.82) is 0 Å². The number of nitrogens with zero attached hydrogens (tertiary/aromatic N) is 1. The Morgan fingerprint density at radius 2 is 1.90 bits per heavy atom. The zero-order chi connectivity index (χ0) is 20.3. The predicted molar refractivity (Wildman–Crippen MR) is 113 cm³/mol. The zero-order valence-electron chi connectivity index (χ0n) is 16.7. The Balaban J connectivity index is 1.28. The lowest BCUT2D eigenvalue weighted by Crippen LogP contribution is -2.16. The summed E-state index contributed by atoms with van der Waals surface area (Å²) in [5, 5.41) is 10.8. The van der Waals surface area contributed by atoms with Crippen LogP contribution < -0.4 is 0 Å². The van der Waals surface area contributed by atoms with Crippen molar-refractivity contribution in [3.63, 3.8) is 0 Å². The molecular formula is C25H25NO3. The van der Waals surface area contributed by atoms with Crippen LogP contribution in [-0.2, 0) is 11.3 Å². The SMILES string of the molecule is C[C@@]12CC(CCCC#Cc3ccccc3)=C[C@]1(OCc1ccc([N+](=O)[O-])cc1)C2. The van der Waals surface area contributed by atoms with E-state index in [4.69, 9.17) is 4.74 Å². The minimum Gasteiger partial charge on any atom is -0.366 e. The maximum atomic E-state index is 10.8. The van der Waals surface area contributed by atoms with E-state index in [0.29, 0.717) is 6.61 Å². The van der Waals surface area contributed by atoms with Crippen molar-refractivity contribution in [2.24, 2.45) is 5.41 Å². The third-order valence-electron chi connectivity index (χ3n) is 6.05. The third kappa shape index (κ3) is 4.26. The number of hydrogen-bond donors (Lipinski definition) is 0. The second kappa shape index (κ2) is 7.85. The summed E-state index contributed by atoms with van der Waals surface area (Å²) in [5.74, 6) is 6.49. The van der Waals surface area contributed by atoms with E-state index in [-0.39, 0.29) is 21.6 Å². The van der Waals surface area contributed by atoms with E-state index in [0.717, 1.165) is 43.2 Å². The number of nitro groups is 1. The van der Waals surface area contributed by atoms with Gasteiger partial charge in [-0.05, 0) is 55.5 Å². The molecule has 0 unspecified atom stereocenters. The van der Waals surface area contributed by atoms with E-state index in [1.807, 2.05) is 30.3 Å². The summed E-state index contributed by atoms with van der Waals surface area (Å²) in [6.45, 7) is 2.78. The van der Waals surface area contributed by atoms with Crippen LogP contribution in [0.15, 0.2) is 66.2 Å². The van der Waals surface area contributed by atoms with Crippen molar-refractivity contribution in [2.45, 2.75) is 51.2 Å². The van der Waals surface area contributed by atoms with E-state index in [9.17, 15) is 10.1 Å². The van der Waals surface area contributed by atoms with Crippen molar-refractivity contribution in [1.82, 2.24) is 0 Å². The molecule has 2 aliphatic rings. The monoisotopic (exact) mass is 387 g/mol. The lowest BCUT2D eigenvalue weighted by molar-refractivity contribution is -0.384. The molecule has 2 aromatic carbocycles. The van der Waals surface area contributed by atoms with Crippen molar-refractivity contribution < 1.29 is 9.66 Å². The fourth-order valence-corrected chi connectivity index (χ4v) is 4.30. The Morgan fingerprint density at radius 1 is 1.14 bits per heavy atom. The largest absolute Gasteiger partial charge is 0.366 e. The Kier molecular flexibility index (Phi) is 5.25. The van der Waals surface area contributed by atoms with Crippen LogP contribution in [0.2, 0.25) is 0 Å². The van der Waals surface area contributed by atoms with Crippen LogP contribution in [-0.4, -0.2) is 10.5 Å². The third-order valence-corrected chi connectivity index (χ3v) is 6.05. The van der Waals surface area contributed by atoms with Crippen molar-refractivity contribution in [3.8, 4) is 11.8 Å². The lowest BCUT2D eigenvalue weighted by atomic mass is 9.99. The summed E-state index contributed by atoms with van der Waals surface area (Å²) in [7, 11) is 0. The quantitative estimate of drug-likeness (QED) is 0.198. The highest BCUT2D eigenvalue weighted by Crippen LogP contribution is 2.67. The number of hydrogen-bond acceptors (Lipinski definition) is 3. The van der Waals surface area contributed by atoms with Gasteiger partial charge in [-0.3, -0.25) is 10.1 Å². The number of allylic oxidation sites excluding steroid dienone is 1. The first-order chi connectivity index (χ1) is 14.0. The van der Waals surface area contributed by atoms with Gasteiger partial charge in [-0.25, -0.2) is 0 Å². The summed E-state index contributed by atoms with van der Waals surface area (Å²) in [5.41, 5.74) is 3.68. The van der Waals surface area contributed by atoms with Gasteiger partial charge in [0.05, 0.1) is 17.1 Å². The molecule has 148 valence electrons. The van der Waals surface area contributed by atoms with Crippen molar-refractivity contribution in [2.75, 3.05) is 0 Å². The smallest absolute Gasteiger partial charge is 0.269 e. The molecule has 2 aliphatic carbocycles. The molecule has 4 nitrogen and oxygen atoms in total. The summed E-state index contributed by atoms with van der Waals surface area (Å²) >= 11 is 0. The predicted octanol–water partition coefficient (Wildman–Crippen LogP) is 5.81. The van der Waals surface area contributed by atoms with Crippen LogP contribution in [0.3, 0.4) is 0 Å². The van der Waals surface area contributed by atoms with Gasteiger partial charge in [0.25, 0.3) is 5.69 Å². The highest BCUT2D eigenvalue weighted by molar-refractivity contribution is 5.38. The molecule has 0 spiro atoms. The van der Waals surface area contributed by atoms with Gasteiger partial charge in [-0.2, -0.15) is 0 Å². The highest BCUT2D eigenvalue weighted by Gasteiger charge is 2.67. The van der Waals surface area contributed by atoms with E-state index >= 15 is 0 Å². The molecule has 0 radical (unpaired) electrons. The Morgan fingerprint density at radius 3 is 2.62 bits per heavy atom.